The summed E-state index contributed by atoms with van der Waals surface area (Å²) in [6, 6.07) is 10.9. The van der Waals surface area contributed by atoms with E-state index in [2.05, 4.69) is 19.8 Å². The molecule has 0 amide bonds. The van der Waals surface area contributed by atoms with Crippen LogP contribution >= 0.6 is 22.9 Å². The summed E-state index contributed by atoms with van der Waals surface area (Å²) < 4.78 is 35.1. The molecular weight excluding hydrogens is 460 g/mol. The lowest BCUT2D eigenvalue weighted by atomic mass is 10.1. The predicted molar refractivity (Wildman–Crippen MR) is 116 cm³/mol. The summed E-state index contributed by atoms with van der Waals surface area (Å²) in [4.78, 5) is 8.03. The highest BCUT2D eigenvalue weighted by Crippen LogP contribution is 2.36. The van der Waals surface area contributed by atoms with E-state index in [0.717, 1.165) is 11.3 Å². The number of ether oxygens (including phenoxy) is 1. The minimum absolute atomic E-state index is 0.0425. The maximum Gasteiger partial charge on any atom is 0.263 e. The van der Waals surface area contributed by atoms with Crippen LogP contribution in [-0.4, -0.2) is 28.2 Å². The maximum absolute atomic E-state index is 12.6. The van der Waals surface area contributed by atoms with Gasteiger partial charge in [0.25, 0.3) is 10.0 Å². The van der Waals surface area contributed by atoms with Gasteiger partial charge in [-0.1, -0.05) is 11.6 Å². The van der Waals surface area contributed by atoms with E-state index in [0.29, 0.717) is 22.2 Å². The molecule has 156 valence electrons. The van der Waals surface area contributed by atoms with E-state index in [1.165, 1.54) is 30.7 Å². The second-order valence-corrected chi connectivity index (χ2v) is 9.18. The van der Waals surface area contributed by atoms with Crippen molar-refractivity contribution in [1.82, 2.24) is 19.7 Å². The number of aromatic nitrogens is 4. The van der Waals surface area contributed by atoms with Gasteiger partial charge in [0.15, 0.2) is 11.0 Å². The second kappa shape index (κ2) is 8.35. The van der Waals surface area contributed by atoms with Gasteiger partial charge in [-0.25, -0.2) is 23.1 Å². The summed E-state index contributed by atoms with van der Waals surface area (Å²) in [5.74, 6) is 1.08. The monoisotopic (exact) mass is 472 g/mol. The highest BCUT2D eigenvalue weighted by molar-refractivity contribution is 7.93. The van der Waals surface area contributed by atoms with Crippen LogP contribution in [0.5, 0.6) is 11.5 Å². The van der Waals surface area contributed by atoms with Crippen LogP contribution in [0.1, 0.15) is 5.56 Å². The summed E-state index contributed by atoms with van der Waals surface area (Å²) >= 11 is 7.28. The Morgan fingerprint density at radius 2 is 2.00 bits per heavy atom. The Labute approximate surface area is 186 Å². The molecule has 12 heteroatoms. The van der Waals surface area contributed by atoms with Gasteiger partial charge in [-0.05, 0) is 36.4 Å². The Balaban J connectivity index is 1.70. The highest BCUT2D eigenvalue weighted by Gasteiger charge is 2.20. The number of nitrogens with zero attached hydrogens (tertiary/aromatic N) is 5. The quantitative estimate of drug-likeness (QED) is 0.448. The van der Waals surface area contributed by atoms with Crippen LogP contribution in [0.2, 0.25) is 5.02 Å². The van der Waals surface area contributed by atoms with Gasteiger partial charge in [0.05, 0.1) is 16.0 Å². The normalized spacial score (nSPS) is 11.1. The van der Waals surface area contributed by atoms with Crippen molar-refractivity contribution in [3.63, 3.8) is 0 Å². The van der Waals surface area contributed by atoms with Crippen molar-refractivity contribution < 1.29 is 13.2 Å². The number of thiazole rings is 1. The molecule has 0 atom stereocenters. The average Bonchev–Trinajstić information content (AvgIpc) is 3.40. The molecule has 0 radical (unpaired) electrons. The molecule has 0 aliphatic heterocycles. The van der Waals surface area contributed by atoms with Gasteiger partial charge in [-0.2, -0.15) is 10.4 Å². The number of nitrogens with one attached hydrogen (secondary N) is 1. The summed E-state index contributed by atoms with van der Waals surface area (Å²) in [6.45, 7) is 0. The zero-order chi connectivity index (χ0) is 22.0. The molecule has 4 rings (SSSR count). The number of hydrogen-bond acceptors (Lipinski definition) is 8. The Kier molecular flexibility index (Phi) is 5.60. The number of hydrogen-bond donors (Lipinski definition) is 1. The van der Waals surface area contributed by atoms with Crippen molar-refractivity contribution in [3.8, 4) is 29.0 Å². The summed E-state index contributed by atoms with van der Waals surface area (Å²) in [5.41, 5.74) is 0.611. The second-order valence-electron chi connectivity index (χ2n) is 6.16. The molecule has 9 nitrogen and oxygen atoms in total. The zero-order valence-electron chi connectivity index (χ0n) is 15.9. The molecule has 1 N–H and O–H groups in total. The van der Waals surface area contributed by atoms with Gasteiger partial charge < -0.3 is 4.74 Å². The molecule has 0 aliphatic carbocycles. The lowest BCUT2D eigenvalue weighted by Gasteiger charge is -2.13. The first-order valence-corrected chi connectivity index (χ1v) is 11.4. The Hall–Kier alpha value is -3.46. The minimum Gasteiger partial charge on any atom is -0.455 e. The Morgan fingerprint density at radius 1 is 1.19 bits per heavy atom. The summed E-state index contributed by atoms with van der Waals surface area (Å²) in [7, 11) is -2.18. The first-order valence-electron chi connectivity index (χ1n) is 8.65. The molecule has 0 fully saturated rings. The van der Waals surface area contributed by atoms with Crippen molar-refractivity contribution >= 4 is 38.1 Å². The molecule has 0 spiro atoms. The third kappa shape index (κ3) is 4.36. The fourth-order valence-electron chi connectivity index (χ4n) is 2.72. The summed E-state index contributed by atoms with van der Waals surface area (Å²) in [6.07, 6.45) is 2.89. The average molecular weight is 473 g/mol. The molecule has 2 aromatic heterocycles. The maximum atomic E-state index is 12.6. The van der Waals surface area contributed by atoms with Crippen molar-refractivity contribution in [3.05, 3.63) is 64.9 Å². The molecular formula is C19H13ClN6O3S2. The lowest BCUT2D eigenvalue weighted by molar-refractivity contribution is 0.481. The van der Waals surface area contributed by atoms with Crippen LogP contribution in [0.4, 0.5) is 5.13 Å². The number of halogens is 1. The zero-order valence-corrected chi connectivity index (χ0v) is 18.2. The van der Waals surface area contributed by atoms with Crippen LogP contribution in [-0.2, 0) is 17.1 Å². The molecule has 2 aromatic carbocycles. The smallest absolute Gasteiger partial charge is 0.263 e. The van der Waals surface area contributed by atoms with Gasteiger partial charge in [0.2, 0.25) is 0 Å². The van der Waals surface area contributed by atoms with E-state index in [1.54, 1.807) is 35.3 Å². The molecule has 0 bridgehead atoms. The molecule has 31 heavy (non-hydrogen) atoms. The molecule has 4 aromatic rings. The van der Waals surface area contributed by atoms with E-state index >= 15 is 0 Å². The van der Waals surface area contributed by atoms with E-state index in [1.807, 2.05) is 6.07 Å². The van der Waals surface area contributed by atoms with E-state index < -0.39 is 10.0 Å². The Bertz CT molecular complexity index is 1390. The first kappa shape index (κ1) is 20.8. The largest absolute Gasteiger partial charge is 0.455 e. The number of sulfonamides is 1. The van der Waals surface area contributed by atoms with Gasteiger partial charge >= 0.3 is 0 Å². The highest BCUT2D eigenvalue weighted by atomic mass is 35.5. The van der Waals surface area contributed by atoms with Crippen molar-refractivity contribution in [2.75, 3.05) is 4.72 Å². The molecule has 2 heterocycles. The number of nitriles is 1. The van der Waals surface area contributed by atoms with Crippen LogP contribution in [0.3, 0.4) is 0 Å². The Morgan fingerprint density at radius 3 is 2.68 bits per heavy atom. The van der Waals surface area contributed by atoms with Crippen molar-refractivity contribution in [1.29, 1.82) is 5.26 Å². The fourth-order valence-corrected chi connectivity index (χ4v) is 4.71. The molecule has 0 unspecified atom stereocenters. The third-order valence-electron chi connectivity index (χ3n) is 4.15. The molecule has 0 aliphatic rings. The van der Waals surface area contributed by atoms with Crippen molar-refractivity contribution in [2.24, 2.45) is 7.05 Å². The number of benzene rings is 2. The SMILES string of the molecule is Cn1ncnc1-c1cc(Cl)ccc1Oc1ccc(S(=O)(=O)Nc2nccs2)cc1C#N. The molecule has 0 saturated carbocycles. The van der Waals surface area contributed by atoms with Crippen molar-refractivity contribution in [2.45, 2.75) is 4.90 Å². The van der Waals surface area contributed by atoms with Gasteiger partial charge in [0, 0.05) is 23.6 Å². The van der Waals surface area contributed by atoms with E-state index in [9.17, 15) is 13.7 Å². The van der Waals surface area contributed by atoms with Crippen LogP contribution < -0.4 is 9.46 Å². The van der Waals surface area contributed by atoms with E-state index in [-0.39, 0.29) is 21.3 Å². The van der Waals surface area contributed by atoms with Gasteiger partial charge in [-0.15, -0.1) is 11.3 Å². The molecule has 0 saturated heterocycles. The fraction of sp³-hybridized carbons (Fsp3) is 0.0526. The number of anilines is 1. The minimum atomic E-state index is -3.91. The number of rotatable bonds is 6. The third-order valence-corrected chi connectivity index (χ3v) is 6.54. The summed E-state index contributed by atoms with van der Waals surface area (Å²) in [5, 5.41) is 16.0. The standard InChI is InChI=1S/C19H13ClN6O3S2/c1-26-18(23-11-24-26)15-9-13(20)2-4-17(15)29-16-5-3-14(8-12(16)10-21)31(27,28)25-19-22-6-7-30-19/h2-9,11H,1H3,(H,22,25). The first-order chi connectivity index (χ1) is 14.9. The van der Waals surface area contributed by atoms with Crippen LogP contribution in [0, 0.1) is 11.3 Å². The topological polar surface area (TPSA) is 123 Å². The van der Waals surface area contributed by atoms with Crippen LogP contribution in [0.25, 0.3) is 11.4 Å². The van der Waals surface area contributed by atoms with Crippen LogP contribution in [0.15, 0.2) is 59.2 Å². The van der Waals surface area contributed by atoms with Gasteiger partial charge in [-0.3, -0.25) is 4.72 Å². The lowest BCUT2D eigenvalue weighted by Crippen LogP contribution is -2.13. The predicted octanol–water partition coefficient (Wildman–Crippen LogP) is 4.06. The van der Waals surface area contributed by atoms with E-state index in [4.69, 9.17) is 16.3 Å². The van der Waals surface area contributed by atoms with Gasteiger partial charge in [0.1, 0.15) is 23.9 Å². The number of aryl methyl sites for hydroxylation is 1.